The molecule has 2 rings (SSSR count). The first-order valence-corrected chi connectivity index (χ1v) is 7.69. The Morgan fingerprint density at radius 3 is 2.84 bits per heavy atom. The van der Waals surface area contributed by atoms with Crippen molar-refractivity contribution in [2.24, 2.45) is 5.73 Å². The van der Waals surface area contributed by atoms with E-state index in [0.717, 1.165) is 51.9 Å². The third-order valence-corrected chi connectivity index (χ3v) is 5.19. The highest BCUT2D eigenvalue weighted by Crippen LogP contribution is 2.36. The fourth-order valence-corrected chi connectivity index (χ4v) is 3.64. The quantitative estimate of drug-likeness (QED) is 0.846. The lowest BCUT2D eigenvalue weighted by Gasteiger charge is -2.52. The summed E-state index contributed by atoms with van der Waals surface area (Å²) in [5, 5.41) is 0. The second kappa shape index (κ2) is 6.08. The number of rotatable bonds is 4. The molecule has 19 heavy (non-hydrogen) atoms. The fourth-order valence-electron chi connectivity index (χ4n) is 3.64. The monoisotopic (exact) mass is 270 g/mol. The Morgan fingerprint density at radius 2 is 2.21 bits per heavy atom. The Bertz CT molecular complexity index is 300. The van der Waals surface area contributed by atoms with E-state index < -0.39 is 0 Å². The first-order chi connectivity index (χ1) is 9.07. The van der Waals surface area contributed by atoms with Crippen molar-refractivity contribution in [3.63, 3.8) is 0 Å². The predicted molar refractivity (Wildman–Crippen MR) is 77.3 cm³/mol. The Morgan fingerprint density at radius 1 is 1.42 bits per heavy atom. The van der Waals surface area contributed by atoms with Gasteiger partial charge in [0.1, 0.15) is 0 Å². The molecular formula is C15H30N2O2. The molecule has 0 amide bonds. The Hall–Kier alpha value is -0.160. The zero-order valence-corrected chi connectivity index (χ0v) is 12.8. The van der Waals surface area contributed by atoms with Gasteiger partial charge in [-0.1, -0.05) is 6.92 Å². The molecule has 3 atom stereocenters. The number of methoxy groups -OCH3 is 1. The van der Waals surface area contributed by atoms with Crippen LogP contribution in [-0.4, -0.2) is 55.5 Å². The van der Waals surface area contributed by atoms with E-state index in [2.05, 4.69) is 18.7 Å². The van der Waals surface area contributed by atoms with Crippen LogP contribution >= 0.6 is 0 Å². The summed E-state index contributed by atoms with van der Waals surface area (Å²) < 4.78 is 11.6. The molecule has 2 fully saturated rings. The minimum Gasteiger partial charge on any atom is -0.378 e. The van der Waals surface area contributed by atoms with E-state index in [1.165, 1.54) is 6.42 Å². The highest BCUT2D eigenvalue weighted by molar-refractivity contribution is 5.00. The zero-order valence-electron chi connectivity index (χ0n) is 12.8. The van der Waals surface area contributed by atoms with Gasteiger partial charge in [-0.3, -0.25) is 4.90 Å². The van der Waals surface area contributed by atoms with Gasteiger partial charge in [0.2, 0.25) is 0 Å². The molecule has 2 aliphatic heterocycles. The number of nitrogens with zero attached hydrogens (tertiary/aromatic N) is 1. The topological polar surface area (TPSA) is 47.7 Å². The van der Waals surface area contributed by atoms with Crippen LogP contribution < -0.4 is 5.73 Å². The SMILES string of the molecule is CCC1CC(CN)(N2CCCC(C)(OC)C2)CCO1. The van der Waals surface area contributed by atoms with Crippen molar-refractivity contribution in [3.05, 3.63) is 0 Å². The summed E-state index contributed by atoms with van der Waals surface area (Å²) >= 11 is 0. The van der Waals surface area contributed by atoms with Gasteiger partial charge >= 0.3 is 0 Å². The van der Waals surface area contributed by atoms with E-state index in [1.807, 2.05) is 7.11 Å². The average Bonchev–Trinajstić information content (AvgIpc) is 2.47. The molecule has 2 saturated heterocycles. The van der Waals surface area contributed by atoms with Crippen LogP contribution in [-0.2, 0) is 9.47 Å². The van der Waals surface area contributed by atoms with Crippen molar-refractivity contribution < 1.29 is 9.47 Å². The number of nitrogens with two attached hydrogens (primary N) is 1. The molecule has 0 aromatic heterocycles. The summed E-state index contributed by atoms with van der Waals surface area (Å²) in [5.41, 5.74) is 6.29. The Labute approximate surface area is 117 Å². The summed E-state index contributed by atoms with van der Waals surface area (Å²) in [6.45, 7) is 8.14. The van der Waals surface area contributed by atoms with Crippen LogP contribution in [0, 0.1) is 0 Å². The first-order valence-electron chi connectivity index (χ1n) is 7.69. The number of piperidine rings is 1. The molecule has 2 N–H and O–H groups in total. The number of hydrogen-bond donors (Lipinski definition) is 1. The fraction of sp³-hybridized carbons (Fsp3) is 1.00. The van der Waals surface area contributed by atoms with Crippen molar-refractivity contribution >= 4 is 0 Å². The second-order valence-electron chi connectivity index (χ2n) is 6.46. The van der Waals surface area contributed by atoms with Crippen LogP contribution in [0.15, 0.2) is 0 Å². The van der Waals surface area contributed by atoms with Crippen LogP contribution in [0.3, 0.4) is 0 Å². The third-order valence-electron chi connectivity index (χ3n) is 5.19. The lowest BCUT2D eigenvalue weighted by molar-refractivity contribution is -0.119. The van der Waals surface area contributed by atoms with Crippen molar-refractivity contribution in [1.82, 2.24) is 4.90 Å². The van der Waals surface area contributed by atoms with E-state index in [1.54, 1.807) is 0 Å². The lowest BCUT2D eigenvalue weighted by Crippen LogP contribution is -2.63. The van der Waals surface area contributed by atoms with Crippen LogP contribution in [0.4, 0.5) is 0 Å². The molecule has 0 aliphatic carbocycles. The maximum absolute atomic E-state index is 6.18. The van der Waals surface area contributed by atoms with Gasteiger partial charge in [0.15, 0.2) is 0 Å². The van der Waals surface area contributed by atoms with Crippen molar-refractivity contribution in [2.45, 2.75) is 63.2 Å². The molecule has 0 bridgehead atoms. The summed E-state index contributed by atoms with van der Waals surface area (Å²) in [5.74, 6) is 0. The minimum atomic E-state index is -0.0135. The zero-order chi connectivity index (χ0) is 13.9. The largest absolute Gasteiger partial charge is 0.378 e. The predicted octanol–water partition coefficient (Wildman–Crippen LogP) is 1.77. The van der Waals surface area contributed by atoms with E-state index in [0.29, 0.717) is 6.10 Å². The van der Waals surface area contributed by atoms with Gasteiger partial charge in [0, 0.05) is 32.3 Å². The molecule has 0 aromatic rings. The number of ether oxygens (including phenoxy) is 2. The third kappa shape index (κ3) is 3.13. The Kier molecular flexibility index (Phi) is 4.88. The molecule has 0 spiro atoms. The standard InChI is InChI=1S/C15H30N2O2/c1-4-13-10-15(11-16,7-9-19-13)17-8-5-6-14(2,12-17)18-3/h13H,4-12,16H2,1-3H3. The van der Waals surface area contributed by atoms with Gasteiger partial charge in [0.25, 0.3) is 0 Å². The molecule has 0 saturated carbocycles. The normalized spacial score (nSPS) is 41.4. The van der Waals surface area contributed by atoms with Crippen molar-refractivity contribution in [1.29, 1.82) is 0 Å². The second-order valence-corrected chi connectivity index (χ2v) is 6.46. The summed E-state index contributed by atoms with van der Waals surface area (Å²) in [7, 11) is 1.83. The van der Waals surface area contributed by atoms with Gasteiger partial charge in [0.05, 0.1) is 11.7 Å². The van der Waals surface area contributed by atoms with Crippen LogP contribution in [0.5, 0.6) is 0 Å². The summed E-state index contributed by atoms with van der Waals surface area (Å²) in [4.78, 5) is 2.59. The summed E-state index contributed by atoms with van der Waals surface area (Å²) in [6, 6.07) is 0. The van der Waals surface area contributed by atoms with E-state index in [-0.39, 0.29) is 11.1 Å². The maximum Gasteiger partial charge on any atom is 0.0777 e. The lowest BCUT2D eigenvalue weighted by atomic mass is 9.81. The van der Waals surface area contributed by atoms with Gasteiger partial charge in [-0.2, -0.15) is 0 Å². The van der Waals surface area contributed by atoms with E-state index in [9.17, 15) is 0 Å². The van der Waals surface area contributed by atoms with Gasteiger partial charge in [-0.15, -0.1) is 0 Å². The van der Waals surface area contributed by atoms with E-state index >= 15 is 0 Å². The molecule has 0 aromatic carbocycles. The van der Waals surface area contributed by atoms with Crippen LogP contribution in [0.25, 0.3) is 0 Å². The van der Waals surface area contributed by atoms with Crippen LogP contribution in [0.1, 0.15) is 46.0 Å². The van der Waals surface area contributed by atoms with Gasteiger partial charge in [-0.05, 0) is 45.6 Å². The van der Waals surface area contributed by atoms with Crippen molar-refractivity contribution in [2.75, 3.05) is 33.4 Å². The molecule has 4 nitrogen and oxygen atoms in total. The van der Waals surface area contributed by atoms with Crippen molar-refractivity contribution in [3.8, 4) is 0 Å². The molecular weight excluding hydrogens is 240 g/mol. The molecule has 2 heterocycles. The molecule has 2 aliphatic rings. The Balaban J connectivity index is 2.11. The van der Waals surface area contributed by atoms with Gasteiger partial charge in [-0.25, -0.2) is 0 Å². The summed E-state index contributed by atoms with van der Waals surface area (Å²) in [6.07, 6.45) is 5.92. The molecule has 4 heteroatoms. The number of likely N-dealkylation sites (tertiary alicyclic amines) is 1. The van der Waals surface area contributed by atoms with Gasteiger partial charge < -0.3 is 15.2 Å². The molecule has 3 unspecified atom stereocenters. The maximum atomic E-state index is 6.18. The highest BCUT2D eigenvalue weighted by Gasteiger charge is 2.44. The smallest absolute Gasteiger partial charge is 0.0777 e. The number of hydrogen-bond acceptors (Lipinski definition) is 4. The van der Waals surface area contributed by atoms with E-state index in [4.69, 9.17) is 15.2 Å². The minimum absolute atomic E-state index is 0.0135. The molecule has 112 valence electrons. The first kappa shape index (κ1) is 15.2. The average molecular weight is 270 g/mol. The highest BCUT2D eigenvalue weighted by atomic mass is 16.5. The molecule has 0 radical (unpaired) electrons. The van der Waals surface area contributed by atoms with Crippen LogP contribution in [0.2, 0.25) is 0 Å².